The quantitative estimate of drug-likeness (QED) is 0.732. The van der Waals surface area contributed by atoms with Crippen molar-refractivity contribution in [2.24, 2.45) is 0 Å². The lowest BCUT2D eigenvalue weighted by molar-refractivity contribution is -0.119. The topological polar surface area (TPSA) is 38.3 Å². The lowest BCUT2D eigenvalue weighted by Gasteiger charge is -2.03. The number of hydrogen-bond acceptors (Lipinski definition) is 2. The van der Waals surface area contributed by atoms with Crippen LogP contribution in [0.4, 0.5) is 0 Å². The fourth-order valence-electron chi connectivity index (χ4n) is 1.10. The van der Waals surface area contributed by atoms with E-state index in [9.17, 15) is 4.79 Å². The molecule has 1 N–H and O–H groups in total. The first kappa shape index (κ1) is 10.3. The number of rotatable bonds is 4. The summed E-state index contributed by atoms with van der Waals surface area (Å²) < 4.78 is 5.09. The van der Waals surface area contributed by atoms with E-state index in [1.807, 2.05) is 24.3 Å². The Balaban J connectivity index is 2.72. The van der Waals surface area contributed by atoms with E-state index in [1.165, 1.54) is 6.26 Å². The molecule has 3 heteroatoms. The van der Waals surface area contributed by atoms with Crippen molar-refractivity contribution in [3.63, 3.8) is 0 Å². The molecule has 0 radical (unpaired) electrons. The summed E-state index contributed by atoms with van der Waals surface area (Å²) in [6.07, 6.45) is 1.73. The van der Waals surface area contributed by atoms with Crippen LogP contribution in [0.25, 0.3) is 0 Å². The van der Waals surface area contributed by atoms with Gasteiger partial charge in [0.1, 0.15) is 5.75 Å². The fourth-order valence-corrected chi connectivity index (χ4v) is 1.10. The van der Waals surface area contributed by atoms with E-state index < -0.39 is 0 Å². The third-order valence-electron chi connectivity index (χ3n) is 1.76. The van der Waals surface area contributed by atoms with Crippen LogP contribution in [0.2, 0.25) is 0 Å². The second kappa shape index (κ2) is 5.07. The third-order valence-corrected chi connectivity index (χ3v) is 1.76. The Labute approximate surface area is 83.4 Å². The molecular weight excluding hydrogens is 178 g/mol. The highest BCUT2D eigenvalue weighted by Crippen LogP contribution is 2.13. The van der Waals surface area contributed by atoms with Crippen molar-refractivity contribution < 1.29 is 9.53 Å². The molecule has 0 saturated heterocycles. The van der Waals surface area contributed by atoms with E-state index in [2.05, 4.69) is 11.9 Å². The van der Waals surface area contributed by atoms with Crippen molar-refractivity contribution in [3.8, 4) is 5.75 Å². The molecule has 74 valence electrons. The van der Waals surface area contributed by atoms with Gasteiger partial charge in [-0.3, -0.25) is 4.79 Å². The van der Waals surface area contributed by atoms with Gasteiger partial charge in [-0.1, -0.05) is 18.7 Å². The molecule has 1 aromatic rings. The maximum absolute atomic E-state index is 11.1. The van der Waals surface area contributed by atoms with Crippen LogP contribution in [-0.2, 0) is 11.2 Å². The number of amides is 1. The standard InChI is InChI=1S/C11H13NO2/c1-3-14-10-6-4-5-9(7-10)8-11(13)12-2/h3-7H,1,8H2,2H3,(H,12,13). The van der Waals surface area contributed by atoms with Crippen LogP contribution in [0.3, 0.4) is 0 Å². The van der Waals surface area contributed by atoms with Crippen LogP contribution in [0.5, 0.6) is 5.75 Å². The second-order valence-corrected chi connectivity index (χ2v) is 2.78. The maximum atomic E-state index is 11.1. The van der Waals surface area contributed by atoms with Crippen molar-refractivity contribution in [1.29, 1.82) is 0 Å². The molecular formula is C11H13NO2. The predicted molar refractivity (Wildman–Crippen MR) is 55.0 cm³/mol. The number of likely N-dealkylation sites (N-methyl/N-ethyl adjacent to an activating group) is 1. The minimum Gasteiger partial charge on any atom is -0.466 e. The molecule has 0 aliphatic heterocycles. The number of carbonyl (C=O) groups excluding carboxylic acids is 1. The first-order valence-corrected chi connectivity index (χ1v) is 4.33. The molecule has 0 heterocycles. The summed E-state index contributed by atoms with van der Waals surface area (Å²) in [7, 11) is 1.62. The van der Waals surface area contributed by atoms with Crippen molar-refractivity contribution >= 4 is 5.91 Å². The molecule has 0 atom stereocenters. The third kappa shape index (κ3) is 2.94. The van der Waals surface area contributed by atoms with Crippen molar-refractivity contribution in [2.75, 3.05) is 7.05 Å². The molecule has 0 aliphatic rings. The summed E-state index contributed by atoms with van der Waals surface area (Å²) in [4.78, 5) is 11.1. The van der Waals surface area contributed by atoms with Gasteiger partial charge in [0.2, 0.25) is 5.91 Å². The van der Waals surface area contributed by atoms with Gasteiger partial charge in [-0.15, -0.1) is 0 Å². The van der Waals surface area contributed by atoms with Gasteiger partial charge in [-0.2, -0.15) is 0 Å². The van der Waals surface area contributed by atoms with Crippen LogP contribution >= 0.6 is 0 Å². The Morgan fingerprint density at radius 2 is 2.43 bits per heavy atom. The average Bonchev–Trinajstić information content (AvgIpc) is 2.19. The molecule has 0 bridgehead atoms. The van der Waals surface area contributed by atoms with Crippen LogP contribution < -0.4 is 10.1 Å². The molecule has 0 aromatic heterocycles. The maximum Gasteiger partial charge on any atom is 0.224 e. The van der Waals surface area contributed by atoms with Gasteiger partial charge in [0.15, 0.2) is 0 Å². The lowest BCUT2D eigenvalue weighted by Crippen LogP contribution is -2.19. The van der Waals surface area contributed by atoms with Gasteiger partial charge in [0.05, 0.1) is 12.7 Å². The van der Waals surface area contributed by atoms with Gasteiger partial charge < -0.3 is 10.1 Å². The smallest absolute Gasteiger partial charge is 0.224 e. The van der Waals surface area contributed by atoms with E-state index in [1.54, 1.807) is 7.05 Å². The number of ether oxygens (including phenoxy) is 1. The van der Waals surface area contributed by atoms with Crippen LogP contribution in [-0.4, -0.2) is 13.0 Å². The molecule has 14 heavy (non-hydrogen) atoms. The summed E-state index contributed by atoms with van der Waals surface area (Å²) in [5.74, 6) is 0.683. The number of hydrogen-bond donors (Lipinski definition) is 1. The van der Waals surface area contributed by atoms with Gasteiger partial charge in [-0.05, 0) is 17.7 Å². The van der Waals surface area contributed by atoms with Gasteiger partial charge >= 0.3 is 0 Å². The van der Waals surface area contributed by atoms with Gasteiger partial charge in [0.25, 0.3) is 0 Å². The van der Waals surface area contributed by atoms with E-state index in [4.69, 9.17) is 4.74 Å². The van der Waals surface area contributed by atoms with Crippen LogP contribution in [0.15, 0.2) is 37.1 Å². The summed E-state index contributed by atoms with van der Waals surface area (Å²) in [5, 5.41) is 2.57. The highest BCUT2D eigenvalue weighted by atomic mass is 16.5. The minimum atomic E-state index is -0.0132. The van der Waals surface area contributed by atoms with Crippen LogP contribution in [0, 0.1) is 0 Å². The first-order valence-electron chi connectivity index (χ1n) is 4.33. The van der Waals surface area contributed by atoms with E-state index in [-0.39, 0.29) is 5.91 Å². The molecule has 0 spiro atoms. The molecule has 1 rings (SSSR count). The zero-order valence-corrected chi connectivity index (χ0v) is 8.12. The lowest BCUT2D eigenvalue weighted by atomic mass is 10.1. The van der Waals surface area contributed by atoms with Crippen molar-refractivity contribution in [2.45, 2.75) is 6.42 Å². The largest absolute Gasteiger partial charge is 0.466 e. The molecule has 1 aromatic carbocycles. The van der Waals surface area contributed by atoms with E-state index >= 15 is 0 Å². The number of benzene rings is 1. The van der Waals surface area contributed by atoms with Crippen LogP contribution in [0.1, 0.15) is 5.56 Å². The van der Waals surface area contributed by atoms with E-state index in [0.29, 0.717) is 12.2 Å². The Bertz CT molecular complexity index is 334. The fraction of sp³-hybridized carbons (Fsp3) is 0.182. The monoisotopic (exact) mass is 191 g/mol. The van der Waals surface area contributed by atoms with Crippen molar-refractivity contribution in [1.82, 2.24) is 5.32 Å². The SMILES string of the molecule is C=COc1cccc(CC(=O)NC)c1. The van der Waals surface area contributed by atoms with Gasteiger partial charge in [0, 0.05) is 7.05 Å². The average molecular weight is 191 g/mol. The van der Waals surface area contributed by atoms with E-state index in [0.717, 1.165) is 5.56 Å². The molecule has 0 fully saturated rings. The zero-order chi connectivity index (χ0) is 10.4. The Morgan fingerprint density at radius 1 is 1.64 bits per heavy atom. The summed E-state index contributed by atoms with van der Waals surface area (Å²) in [6.45, 7) is 3.46. The Hall–Kier alpha value is -1.77. The normalized spacial score (nSPS) is 9.21. The molecule has 0 unspecified atom stereocenters. The van der Waals surface area contributed by atoms with Gasteiger partial charge in [-0.25, -0.2) is 0 Å². The molecule has 1 amide bonds. The zero-order valence-electron chi connectivity index (χ0n) is 8.12. The number of carbonyl (C=O) groups is 1. The Kier molecular flexibility index (Phi) is 3.73. The van der Waals surface area contributed by atoms with Crippen molar-refractivity contribution in [3.05, 3.63) is 42.7 Å². The first-order chi connectivity index (χ1) is 6.76. The highest BCUT2D eigenvalue weighted by molar-refractivity contribution is 5.78. The molecule has 0 saturated carbocycles. The summed E-state index contributed by atoms with van der Waals surface area (Å²) >= 11 is 0. The Morgan fingerprint density at radius 3 is 3.07 bits per heavy atom. The molecule has 3 nitrogen and oxygen atoms in total. The number of nitrogens with one attached hydrogen (secondary N) is 1. The second-order valence-electron chi connectivity index (χ2n) is 2.78. The highest BCUT2D eigenvalue weighted by Gasteiger charge is 2.01. The molecule has 0 aliphatic carbocycles. The summed E-state index contributed by atoms with van der Waals surface area (Å²) in [6, 6.07) is 7.36. The predicted octanol–water partition coefficient (Wildman–Crippen LogP) is 1.50. The summed E-state index contributed by atoms with van der Waals surface area (Å²) in [5.41, 5.74) is 0.920. The minimum absolute atomic E-state index is 0.0132.